The molecule has 124 valence electrons. The molecule has 0 aliphatic carbocycles. The van der Waals surface area contributed by atoms with Crippen LogP contribution < -0.4 is 4.90 Å². The van der Waals surface area contributed by atoms with E-state index in [9.17, 15) is 0 Å². The first kappa shape index (κ1) is 15.5. The molecule has 24 heavy (non-hydrogen) atoms. The molecule has 0 spiro atoms. The number of aryl methyl sites for hydroxylation is 1. The van der Waals surface area contributed by atoms with E-state index >= 15 is 0 Å². The van der Waals surface area contributed by atoms with Crippen LogP contribution in [0.5, 0.6) is 0 Å². The smallest absolute Gasteiger partial charge is 0.103 e. The zero-order chi connectivity index (χ0) is 16.5. The summed E-state index contributed by atoms with van der Waals surface area (Å²) in [5.74, 6) is 0. The van der Waals surface area contributed by atoms with Gasteiger partial charge in [0.25, 0.3) is 0 Å². The summed E-state index contributed by atoms with van der Waals surface area (Å²) < 4.78 is 5.83. The Balaban J connectivity index is 1.64. The van der Waals surface area contributed by atoms with Gasteiger partial charge in [-0.2, -0.15) is 0 Å². The molecule has 1 aliphatic rings. The average molecular weight is 339 g/mol. The number of morpholine rings is 1. The van der Waals surface area contributed by atoms with Gasteiger partial charge in [-0.15, -0.1) is 0 Å². The molecule has 2 unspecified atom stereocenters. The minimum atomic E-state index is 0.261. The van der Waals surface area contributed by atoms with Crippen molar-refractivity contribution in [2.75, 3.05) is 18.1 Å². The maximum absolute atomic E-state index is 5.83. The van der Waals surface area contributed by atoms with E-state index in [1.165, 1.54) is 16.1 Å². The number of nitrogens with one attached hydrogen (secondary N) is 1. The third-order valence-electron chi connectivity index (χ3n) is 4.40. The third kappa shape index (κ3) is 3.01. The molecule has 5 heteroatoms. The van der Waals surface area contributed by atoms with Crippen LogP contribution in [0.15, 0.2) is 53.7 Å². The molecule has 0 saturated carbocycles. The lowest BCUT2D eigenvalue weighted by Gasteiger charge is -2.41. The number of ether oxygens (including phenoxy) is 1. The number of fused-ring (bicyclic) bond motifs is 1. The van der Waals surface area contributed by atoms with Crippen LogP contribution in [-0.4, -0.2) is 34.6 Å². The maximum atomic E-state index is 5.83. The monoisotopic (exact) mass is 339 g/mol. The van der Waals surface area contributed by atoms with Gasteiger partial charge in [-0.3, -0.25) is 0 Å². The van der Waals surface area contributed by atoms with Crippen molar-refractivity contribution in [3.05, 3.63) is 54.4 Å². The van der Waals surface area contributed by atoms with Gasteiger partial charge >= 0.3 is 0 Å². The normalized spacial score (nSPS) is 21.3. The summed E-state index contributed by atoms with van der Waals surface area (Å²) in [6.07, 6.45) is 1.75. The maximum Gasteiger partial charge on any atom is 0.103 e. The van der Waals surface area contributed by atoms with E-state index in [-0.39, 0.29) is 5.37 Å². The summed E-state index contributed by atoms with van der Waals surface area (Å²) in [4.78, 5) is 11.3. The lowest BCUT2D eigenvalue weighted by molar-refractivity contribution is 0.0913. The predicted molar refractivity (Wildman–Crippen MR) is 99.7 cm³/mol. The molecular weight excluding hydrogens is 318 g/mol. The summed E-state index contributed by atoms with van der Waals surface area (Å²) >= 11 is 1.86. The highest BCUT2D eigenvalue weighted by molar-refractivity contribution is 8.00. The minimum absolute atomic E-state index is 0.261. The largest absolute Gasteiger partial charge is 0.376 e. The van der Waals surface area contributed by atoms with Crippen molar-refractivity contribution in [3.8, 4) is 0 Å². The van der Waals surface area contributed by atoms with Crippen molar-refractivity contribution < 1.29 is 4.74 Å². The van der Waals surface area contributed by atoms with Gasteiger partial charge in [0.05, 0.1) is 36.6 Å². The zero-order valence-corrected chi connectivity index (χ0v) is 14.7. The molecule has 2 aromatic carbocycles. The molecule has 1 aromatic heterocycles. The van der Waals surface area contributed by atoms with Crippen LogP contribution >= 0.6 is 11.8 Å². The van der Waals surface area contributed by atoms with Crippen molar-refractivity contribution in [1.29, 1.82) is 0 Å². The second-order valence-electron chi connectivity index (χ2n) is 6.28. The number of thioether (sulfide) groups is 1. The number of H-pyrrole nitrogens is 1. The first-order chi connectivity index (χ1) is 11.7. The topological polar surface area (TPSA) is 41.1 Å². The van der Waals surface area contributed by atoms with Crippen molar-refractivity contribution >= 4 is 28.5 Å². The van der Waals surface area contributed by atoms with Crippen LogP contribution in [0.3, 0.4) is 0 Å². The van der Waals surface area contributed by atoms with E-state index < -0.39 is 0 Å². The number of aromatic nitrogens is 2. The number of nitrogens with zero attached hydrogens (tertiary/aromatic N) is 2. The van der Waals surface area contributed by atoms with Gasteiger partial charge in [0, 0.05) is 10.6 Å². The number of anilines is 1. The molecule has 1 aliphatic heterocycles. The third-order valence-corrected chi connectivity index (χ3v) is 5.58. The van der Waals surface area contributed by atoms with Gasteiger partial charge in [-0.25, -0.2) is 4.98 Å². The Labute approximate surface area is 146 Å². The fraction of sp³-hybridized carbons (Fsp3) is 0.316. The molecule has 4 nitrogen and oxygen atoms in total. The van der Waals surface area contributed by atoms with Crippen molar-refractivity contribution in [3.63, 3.8) is 0 Å². The zero-order valence-electron chi connectivity index (χ0n) is 13.9. The van der Waals surface area contributed by atoms with Gasteiger partial charge in [0.2, 0.25) is 0 Å². The van der Waals surface area contributed by atoms with Crippen LogP contribution in [0.1, 0.15) is 12.5 Å². The molecule has 2 atom stereocenters. The van der Waals surface area contributed by atoms with Crippen LogP contribution in [-0.2, 0) is 4.74 Å². The summed E-state index contributed by atoms with van der Waals surface area (Å²) in [5, 5.41) is 0.261. The Kier molecular flexibility index (Phi) is 4.21. The number of benzene rings is 2. The number of hydrogen-bond acceptors (Lipinski definition) is 4. The highest BCUT2D eigenvalue weighted by Gasteiger charge is 2.29. The molecule has 1 saturated heterocycles. The molecule has 2 heterocycles. The molecule has 4 rings (SSSR count). The molecule has 0 bridgehead atoms. The number of rotatable bonds is 3. The summed E-state index contributed by atoms with van der Waals surface area (Å²) in [6.45, 7) is 5.82. The first-order valence-corrected chi connectivity index (χ1v) is 9.11. The van der Waals surface area contributed by atoms with Gasteiger partial charge in [-0.1, -0.05) is 29.5 Å². The molecule has 3 aromatic rings. The molecule has 1 fully saturated rings. The predicted octanol–water partition coefficient (Wildman–Crippen LogP) is 4.21. The van der Waals surface area contributed by atoms with E-state index in [4.69, 9.17) is 4.74 Å². The Bertz CT molecular complexity index is 830. The quantitative estimate of drug-likeness (QED) is 0.776. The number of hydrogen-bond donors (Lipinski definition) is 1. The molecular formula is C19H21N3OS. The molecule has 0 radical (unpaired) electrons. The van der Waals surface area contributed by atoms with Crippen LogP contribution in [0.25, 0.3) is 11.0 Å². The van der Waals surface area contributed by atoms with Crippen LogP contribution in [0.4, 0.5) is 5.69 Å². The standard InChI is InChI=1S/C19H21N3OS/c1-13-3-6-16(7-4-13)24-19-11-23-10-14(2)22(19)15-5-8-17-18(9-15)21-12-20-17/h3-9,12,14,19H,10-11H2,1-2H3,(H,20,21). The van der Waals surface area contributed by atoms with E-state index in [0.29, 0.717) is 6.04 Å². The Hall–Kier alpha value is -1.98. The summed E-state index contributed by atoms with van der Waals surface area (Å²) in [7, 11) is 0. The van der Waals surface area contributed by atoms with Crippen LogP contribution in [0, 0.1) is 6.92 Å². The van der Waals surface area contributed by atoms with Gasteiger partial charge < -0.3 is 14.6 Å². The highest BCUT2D eigenvalue weighted by Crippen LogP contribution is 2.34. The van der Waals surface area contributed by atoms with Gasteiger partial charge in [-0.05, 0) is 44.2 Å². The average Bonchev–Trinajstić information content (AvgIpc) is 3.05. The summed E-state index contributed by atoms with van der Waals surface area (Å²) in [5.41, 5.74) is 4.58. The van der Waals surface area contributed by atoms with Crippen molar-refractivity contribution in [2.45, 2.75) is 30.2 Å². The van der Waals surface area contributed by atoms with E-state index in [0.717, 1.165) is 24.2 Å². The Morgan fingerprint density at radius 3 is 2.83 bits per heavy atom. The lowest BCUT2D eigenvalue weighted by atomic mass is 10.2. The lowest BCUT2D eigenvalue weighted by Crippen LogP contribution is -2.49. The minimum Gasteiger partial charge on any atom is -0.376 e. The summed E-state index contributed by atoms with van der Waals surface area (Å²) in [6, 6.07) is 15.5. The van der Waals surface area contributed by atoms with E-state index in [2.05, 4.69) is 71.2 Å². The second-order valence-corrected chi connectivity index (χ2v) is 7.53. The second kappa shape index (κ2) is 6.49. The Morgan fingerprint density at radius 1 is 1.17 bits per heavy atom. The van der Waals surface area contributed by atoms with E-state index in [1.807, 2.05) is 11.8 Å². The van der Waals surface area contributed by atoms with Crippen molar-refractivity contribution in [1.82, 2.24) is 9.97 Å². The number of imidazole rings is 1. The first-order valence-electron chi connectivity index (χ1n) is 8.23. The van der Waals surface area contributed by atoms with Crippen molar-refractivity contribution in [2.24, 2.45) is 0 Å². The van der Waals surface area contributed by atoms with Crippen LogP contribution in [0.2, 0.25) is 0 Å². The molecule has 1 N–H and O–H groups in total. The fourth-order valence-corrected chi connectivity index (χ4v) is 4.37. The Morgan fingerprint density at radius 2 is 2.00 bits per heavy atom. The van der Waals surface area contributed by atoms with E-state index in [1.54, 1.807) is 6.33 Å². The van der Waals surface area contributed by atoms with Gasteiger partial charge in [0.1, 0.15) is 5.37 Å². The SMILES string of the molecule is Cc1ccc(SC2COCC(C)N2c2ccc3nc[nH]c3c2)cc1. The highest BCUT2D eigenvalue weighted by atomic mass is 32.2. The fourth-order valence-electron chi connectivity index (χ4n) is 3.15. The number of aromatic amines is 1. The van der Waals surface area contributed by atoms with Gasteiger partial charge in [0.15, 0.2) is 0 Å². The molecule has 0 amide bonds.